The van der Waals surface area contributed by atoms with Crippen LogP contribution in [0, 0.1) is 5.82 Å². The van der Waals surface area contributed by atoms with Gasteiger partial charge in [-0.1, -0.05) is 18.2 Å². The molecule has 0 bridgehead atoms. The van der Waals surface area contributed by atoms with Crippen molar-refractivity contribution < 1.29 is 13.6 Å². The number of hydrogen-bond acceptors (Lipinski definition) is 3. The Morgan fingerprint density at radius 2 is 1.86 bits per heavy atom. The molecule has 0 aliphatic heterocycles. The third-order valence-corrected chi connectivity index (χ3v) is 3.00. The predicted molar refractivity (Wildman–Crippen MR) is 79.7 cm³/mol. The van der Waals surface area contributed by atoms with E-state index in [0.717, 1.165) is 5.39 Å². The summed E-state index contributed by atoms with van der Waals surface area (Å²) in [6.45, 7) is 0. The quantitative estimate of drug-likeness (QED) is 0.570. The van der Waals surface area contributed by atoms with E-state index < -0.39 is 0 Å². The van der Waals surface area contributed by atoms with E-state index in [9.17, 15) is 9.18 Å². The van der Waals surface area contributed by atoms with Crippen molar-refractivity contribution in [3.05, 3.63) is 78.5 Å². The predicted octanol–water partition coefficient (Wildman–Crippen LogP) is 4.38. The topological polar surface area (TPSA) is 42.2 Å². The first-order chi connectivity index (χ1) is 10.2. The molecule has 3 rings (SSSR count). The van der Waals surface area contributed by atoms with Crippen LogP contribution in [0.5, 0.6) is 0 Å². The monoisotopic (exact) mass is 281 g/mol. The van der Waals surface area contributed by atoms with Crippen molar-refractivity contribution in [3.63, 3.8) is 0 Å². The van der Waals surface area contributed by atoms with E-state index in [-0.39, 0.29) is 17.4 Å². The number of anilines is 1. The van der Waals surface area contributed by atoms with Gasteiger partial charge in [-0.05, 0) is 36.4 Å². The van der Waals surface area contributed by atoms with Gasteiger partial charge in [0, 0.05) is 23.3 Å². The number of nitrogens with one attached hydrogen (secondary N) is 1. The smallest absolute Gasteiger partial charge is 0.222 e. The molecule has 104 valence electrons. The fraction of sp³-hybridized carbons (Fsp3) is 0. The Morgan fingerprint density at radius 3 is 2.62 bits per heavy atom. The Morgan fingerprint density at radius 1 is 1.10 bits per heavy atom. The Hall–Kier alpha value is -2.88. The van der Waals surface area contributed by atoms with Crippen LogP contribution in [0.1, 0.15) is 10.6 Å². The molecule has 0 atom stereocenters. The lowest BCUT2D eigenvalue weighted by atomic mass is 10.2. The van der Waals surface area contributed by atoms with E-state index in [0.29, 0.717) is 11.3 Å². The van der Waals surface area contributed by atoms with Gasteiger partial charge in [-0.15, -0.1) is 0 Å². The molecule has 0 fully saturated rings. The van der Waals surface area contributed by atoms with Crippen LogP contribution in [0.25, 0.3) is 11.0 Å². The van der Waals surface area contributed by atoms with Crippen molar-refractivity contribution in [1.29, 1.82) is 0 Å². The maximum absolute atomic E-state index is 12.7. The van der Waals surface area contributed by atoms with Crippen molar-refractivity contribution in [2.24, 2.45) is 0 Å². The fourth-order valence-corrected chi connectivity index (χ4v) is 1.95. The lowest BCUT2D eigenvalue weighted by Gasteiger charge is -1.98. The highest BCUT2D eigenvalue weighted by Crippen LogP contribution is 2.19. The van der Waals surface area contributed by atoms with Crippen LogP contribution in [-0.2, 0) is 0 Å². The summed E-state index contributed by atoms with van der Waals surface area (Å²) in [5.74, 6) is -0.253. The highest BCUT2D eigenvalue weighted by molar-refractivity contribution is 6.04. The number of fused-ring (bicyclic) bond motifs is 1. The first kappa shape index (κ1) is 13.1. The summed E-state index contributed by atoms with van der Waals surface area (Å²) in [5.41, 5.74) is 1.38. The average Bonchev–Trinajstić information content (AvgIpc) is 2.93. The summed E-state index contributed by atoms with van der Waals surface area (Å²) in [4.78, 5) is 12.0. The minimum atomic E-state index is -0.303. The minimum absolute atomic E-state index is 0.235. The molecule has 1 aromatic heterocycles. The van der Waals surface area contributed by atoms with Gasteiger partial charge >= 0.3 is 0 Å². The summed E-state index contributed by atoms with van der Waals surface area (Å²) in [6.07, 6.45) is 2.88. The number of allylic oxidation sites excluding steroid dienone is 1. The molecule has 0 saturated carbocycles. The lowest BCUT2D eigenvalue weighted by Crippen LogP contribution is -1.94. The summed E-state index contributed by atoms with van der Waals surface area (Å²) < 4.78 is 18.2. The minimum Gasteiger partial charge on any atom is -0.453 e. The highest BCUT2D eigenvalue weighted by atomic mass is 19.1. The molecule has 3 aromatic rings. The van der Waals surface area contributed by atoms with Crippen molar-refractivity contribution in [2.75, 3.05) is 5.32 Å². The first-order valence-corrected chi connectivity index (χ1v) is 6.44. The van der Waals surface area contributed by atoms with Crippen molar-refractivity contribution in [3.8, 4) is 0 Å². The molecule has 0 unspecified atom stereocenters. The van der Waals surface area contributed by atoms with Crippen molar-refractivity contribution in [1.82, 2.24) is 0 Å². The maximum atomic E-state index is 12.7. The number of para-hydroxylation sites is 1. The summed E-state index contributed by atoms with van der Waals surface area (Å²) in [7, 11) is 0. The van der Waals surface area contributed by atoms with Crippen molar-refractivity contribution in [2.45, 2.75) is 0 Å². The van der Waals surface area contributed by atoms with Gasteiger partial charge in [-0.25, -0.2) is 4.39 Å². The Kier molecular flexibility index (Phi) is 3.51. The van der Waals surface area contributed by atoms with Gasteiger partial charge in [0.15, 0.2) is 5.76 Å². The molecule has 0 saturated heterocycles. The number of furan rings is 1. The molecule has 1 heterocycles. The van der Waals surface area contributed by atoms with E-state index in [1.807, 2.05) is 24.3 Å². The average molecular weight is 281 g/mol. The van der Waals surface area contributed by atoms with Crippen molar-refractivity contribution >= 4 is 22.4 Å². The highest BCUT2D eigenvalue weighted by Gasteiger charge is 2.08. The van der Waals surface area contributed by atoms with Gasteiger partial charge in [0.25, 0.3) is 0 Å². The number of hydrogen-bond donors (Lipinski definition) is 1. The molecule has 0 spiro atoms. The normalized spacial score (nSPS) is 11.1. The number of benzene rings is 2. The molecule has 0 aliphatic carbocycles. The molecule has 0 amide bonds. The lowest BCUT2D eigenvalue weighted by molar-refractivity contribution is 0.102. The van der Waals surface area contributed by atoms with E-state index in [4.69, 9.17) is 4.42 Å². The molecule has 0 radical (unpaired) electrons. The standard InChI is InChI=1S/C17H12FNO2/c18-13-5-7-14(8-6-13)19-10-9-15(20)17-11-12-3-1-2-4-16(12)21-17/h1-11,19H/b10-9+. The molecular weight excluding hydrogens is 269 g/mol. The maximum Gasteiger partial charge on any atom is 0.222 e. The molecule has 4 heteroatoms. The van der Waals surface area contributed by atoms with E-state index in [2.05, 4.69) is 5.32 Å². The van der Waals surface area contributed by atoms with Gasteiger partial charge in [-0.3, -0.25) is 4.79 Å². The SMILES string of the molecule is O=C(/C=C/Nc1ccc(F)cc1)c1cc2ccccc2o1. The van der Waals surface area contributed by atoms with Crippen LogP contribution < -0.4 is 5.32 Å². The van der Waals surface area contributed by atoms with Gasteiger partial charge in [0.2, 0.25) is 5.78 Å². The largest absolute Gasteiger partial charge is 0.453 e. The molecule has 21 heavy (non-hydrogen) atoms. The van der Waals surface area contributed by atoms with Gasteiger partial charge < -0.3 is 9.73 Å². The second-order valence-corrected chi connectivity index (χ2v) is 4.50. The zero-order valence-corrected chi connectivity index (χ0v) is 11.0. The second kappa shape index (κ2) is 5.63. The summed E-state index contributed by atoms with van der Waals surface area (Å²) in [5, 5.41) is 3.79. The summed E-state index contributed by atoms with van der Waals surface area (Å²) >= 11 is 0. The van der Waals surface area contributed by atoms with E-state index in [1.165, 1.54) is 24.4 Å². The van der Waals surface area contributed by atoms with Gasteiger partial charge in [0.1, 0.15) is 11.4 Å². The third-order valence-electron chi connectivity index (χ3n) is 3.00. The Balaban J connectivity index is 1.70. The number of ketones is 1. The molecule has 3 nitrogen and oxygen atoms in total. The summed E-state index contributed by atoms with van der Waals surface area (Å²) in [6, 6.07) is 15.0. The Bertz CT molecular complexity index is 770. The molecule has 2 aromatic carbocycles. The number of carbonyl (C=O) groups is 1. The second-order valence-electron chi connectivity index (χ2n) is 4.50. The van der Waals surface area contributed by atoms with E-state index in [1.54, 1.807) is 18.2 Å². The van der Waals surface area contributed by atoms with Crippen LogP contribution in [0.4, 0.5) is 10.1 Å². The van der Waals surface area contributed by atoms with Gasteiger partial charge in [0.05, 0.1) is 0 Å². The van der Waals surface area contributed by atoms with Crippen LogP contribution >= 0.6 is 0 Å². The zero-order chi connectivity index (χ0) is 14.7. The fourth-order valence-electron chi connectivity index (χ4n) is 1.95. The zero-order valence-electron chi connectivity index (χ0n) is 11.0. The van der Waals surface area contributed by atoms with Crippen LogP contribution in [0.2, 0.25) is 0 Å². The molecule has 0 aliphatic rings. The number of rotatable bonds is 4. The molecular formula is C17H12FNO2. The van der Waals surface area contributed by atoms with E-state index >= 15 is 0 Å². The van der Waals surface area contributed by atoms with Crippen LogP contribution in [0.15, 0.2) is 71.3 Å². The van der Waals surface area contributed by atoms with Crippen LogP contribution in [-0.4, -0.2) is 5.78 Å². The third kappa shape index (κ3) is 3.00. The van der Waals surface area contributed by atoms with Gasteiger partial charge in [-0.2, -0.15) is 0 Å². The number of carbonyl (C=O) groups excluding carboxylic acids is 1. The number of halogens is 1. The first-order valence-electron chi connectivity index (χ1n) is 6.44. The van der Waals surface area contributed by atoms with Crippen LogP contribution in [0.3, 0.4) is 0 Å². The molecule has 1 N–H and O–H groups in total. The Labute approximate surface area is 120 Å².